The molecule has 1 aliphatic rings. The zero-order valence-electron chi connectivity index (χ0n) is 15.3. The Labute approximate surface area is 149 Å². The molecule has 2 N–H and O–H groups in total. The molecule has 1 heterocycles. The maximum absolute atomic E-state index is 12.4. The van der Waals surface area contributed by atoms with Crippen molar-refractivity contribution in [2.45, 2.75) is 50.7 Å². The maximum Gasteiger partial charge on any atom is 0.227 e. The molecule has 25 heavy (non-hydrogen) atoms. The number of hydrogen-bond donors (Lipinski definition) is 2. The largest absolute Gasteiger partial charge is 0.389 e. The van der Waals surface area contributed by atoms with Crippen molar-refractivity contribution in [3.8, 4) is 0 Å². The molecule has 1 saturated carbocycles. The van der Waals surface area contributed by atoms with Crippen LogP contribution >= 0.6 is 0 Å². The van der Waals surface area contributed by atoms with Gasteiger partial charge in [-0.25, -0.2) is 0 Å². The number of anilines is 1. The SMILES string of the molecule is CN(C)CCn1ccc2ccc(NC(=O)CC3(O)CCCCC3)cc21. The quantitative estimate of drug-likeness (QED) is 0.847. The molecule has 1 aliphatic carbocycles. The van der Waals surface area contributed by atoms with Gasteiger partial charge in [-0.3, -0.25) is 4.79 Å². The molecule has 0 unspecified atom stereocenters. The van der Waals surface area contributed by atoms with Gasteiger partial charge in [-0.1, -0.05) is 25.3 Å². The molecule has 0 atom stereocenters. The van der Waals surface area contributed by atoms with Crippen molar-refractivity contribution in [2.24, 2.45) is 0 Å². The van der Waals surface area contributed by atoms with Crippen LogP contribution in [-0.2, 0) is 11.3 Å². The van der Waals surface area contributed by atoms with Crippen LogP contribution in [0, 0.1) is 0 Å². The summed E-state index contributed by atoms with van der Waals surface area (Å²) < 4.78 is 2.21. The van der Waals surface area contributed by atoms with Crippen molar-refractivity contribution in [3.63, 3.8) is 0 Å². The summed E-state index contributed by atoms with van der Waals surface area (Å²) in [5, 5.41) is 14.7. The van der Waals surface area contributed by atoms with Crippen LogP contribution in [0.2, 0.25) is 0 Å². The van der Waals surface area contributed by atoms with E-state index in [1.807, 2.05) is 18.2 Å². The molecule has 0 aliphatic heterocycles. The van der Waals surface area contributed by atoms with Gasteiger partial charge in [0.2, 0.25) is 5.91 Å². The number of rotatable bonds is 6. The first kappa shape index (κ1) is 18.0. The number of nitrogens with one attached hydrogen (secondary N) is 1. The number of hydrogen-bond acceptors (Lipinski definition) is 3. The minimum absolute atomic E-state index is 0.102. The Kier molecular flexibility index (Phi) is 5.45. The van der Waals surface area contributed by atoms with E-state index in [1.165, 1.54) is 5.39 Å². The lowest BCUT2D eigenvalue weighted by Gasteiger charge is -2.31. The predicted molar refractivity (Wildman–Crippen MR) is 102 cm³/mol. The molecule has 1 amide bonds. The molecule has 3 rings (SSSR count). The molecular weight excluding hydrogens is 314 g/mol. The fourth-order valence-electron chi connectivity index (χ4n) is 3.66. The minimum atomic E-state index is -0.821. The normalized spacial score (nSPS) is 17.1. The Bertz CT molecular complexity index is 730. The van der Waals surface area contributed by atoms with Crippen LogP contribution in [-0.4, -0.2) is 46.7 Å². The molecule has 5 nitrogen and oxygen atoms in total. The molecule has 1 fully saturated rings. The minimum Gasteiger partial charge on any atom is -0.389 e. The maximum atomic E-state index is 12.4. The summed E-state index contributed by atoms with van der Waals surface area (Å²) in [6.07, 6.45) is 6.91. The van der Waals surface area contributed by atoms with Crippen LogP contribution in [0.1, 0.15) is 38.5 Å². The summed E-state index contributed by atoms with van der Waals surface area (Å²) in [6.45, 7) is 1.88. The fraction of sp³-hybridized carbons (Fsp3) is 0.550. The Morgan fingerprint density at radius 2 is 2.00 bits per heavy atom. The third-order valence-electron chi connectivity index (χ3n) is 5.12. The standard InChI is InChI=1S/C20H29N3O2/c1-22(2)12-13-23-11-8-16-6-7-17(14-18(16)23)21-19(24)15-20(25)9-4-3-5-10-20/h6-8,11,14,25H,3-5,9-10,12-13,15H2,1-2H3,(H,21,24). The highest BCUT2D eigenvalue weighted by Gasteiger charge is 2.31. The van der Waals surface area contributed by atoms with E-state index in [4.69, 9.17) is 0 Å². The summed E-state index contributed by atoms with van der Waals surface area (Å²) in [5.41, 5.74) is 1.09. The Hall–Kier alpha value is -1.85. The van der Waals surface area contributed by atoms with Gasteiger partial charge in [0.15, 0.2) is 0 Å². The number of fused-ring (bicyclic) bond motifs is 1. The molecule has 5 heteroatoms. The lowest BCUT2D eigenvalue weighted by atomic mass is 9.82. The van der Waals surface area contributed by atoms with Crippen molar-refractivity contribution < 1.29 is 9.90 Å². The highest BCUT2D eigenvalue weighted by molar-refractivity contribution is 5.94. The van der Waals surface area contributed by atoms with Gasteiger partial charge in [0.1, 0.15) is 0 Å². The van der Waals surface area contributed by atoms with Gasteiger partial charge in [-0.2, -0.15) is 0 Å². The van der Waals surface area contributed by atoms with Crippen molar-refractivity contribution in [1.82, 2.24) is 9.47 Å². The molecule has 1 aromatic carbocycles. The Morgan fingerprint density at radius 3 is 2.72 bits per heavy atom. The Balaban J connectivity index is 1.68. The molecule has 136 valence electrons. The van der Waals surface area contributed by atoms with E-state index in [9.17, 15) is 9.90 Å². The second kappa shape index (κ2) is 7.58. The average Bonchev–Trinajstić information content (AvgIpc) is 2.95. The van der Waals surface area contributed by atoms with Gasteiger partial charge in [-0.05, 0) is 50.5 Å². The fourth-order valence-corrected chi connectivity index (χ4v) is 3.66. The lowest BCUT2D eigenvalue weighted by Crippen LogP contribution is -2.35. The van der Waals surface area contributed by atoms with E-state index >= 15 is 0 Å². The second-order valence-corrected chi connectivity index (χ2v) is 7.60. The number of amides is 1. The van der Waals surface area contributed by atoms with Gasteiger partial charge in [-0.15, -0.1) is 0 Å². The van der Waals surface area contributed by atoms with Gasteiger partial charge in [0, 0.05) is 25.0 Å². The number of aromatic nitrogens is 1. The molecule has 0 spiro atoms. The number of carbonyl (C=O) groups is 1. The first-order valence-electron chi connectivity index (χ1n) is 9.21. The van der Waals surface area contributed by atoms with E-state index in [-0.39, 0.29) is 12.3 Å². The Morgan fingerprint density at radius 1 is 1.24 bits per heavy atom. The van der Waals surface area contributed by atoms with Gasteiger partial charge >= 0.3 is 0 Å². The first-order chi connectivity index (χ1) is 12.0. The third-order valence-corrected chi connectivity index (χ3v) is 5.12. The van der Waals surface area contributed by atoms with E-state index < -0.39 is 5.60 Å². The molecule has 0 radical (unpaired) electrons. The number of likely N-dealkylation sites (N-methyl/N-ethyl adjacent to an activating group) is 1. The van der Waals surface area contributed by atoms with Crippen LogP contribution in [0.3, 0.4) is 0 Å². The van der Waals surface area contributed by atoms with Gasteiger partial charge in [0.05, 0.1) is 17.5 Å². The van der Waals surface area contributed by atoms with E-state index in [0.717, 1.165) is 56.4 Å². The molecule has 2 aromatic rings. The van der Waals surface area contributed by atoms with E-state index in [0.29, 0.717) is 0 Å². The van der Waals surface area contributed by atoms with Crippen LogP contribution in [0.5, 0.6) is 0 Å². The first-order valence-corrected chi connectivity index (χ1v) is 9.21. The van der Waals surface area contributed by atoms with Crippen molar-refractivity contribution in [3.05, 3.63) is 30.5 Å². The van der Waals surface area contributed by atoms with Crippen LogP contribution in [0.15, 0.2) is 30.5 Å². The molecule has 1 aromatic heterocycles. The zero-order chi connectivity index (χ0) is 17.9. The summed E-state index contributed by atoms with van der Waals surface area (Å²) in [7, 11) is 4.13. The van der Waals surface area contributed by atoms with Crippen LogP contribution in [0.25, 0.3) is 10.9 Å². The summed E-state index contributed by atoms with van der Waals surface area (Å²) in [5.74, 6) is -0.102. The number of carbonyl (C=O) groups excluding carboxylic acids is 1. The smallest absolute Gasteiger partial charge is 0.227 e. The van der Waals surface area contributed by atoms with Gasteiger partial charge < -0.3 is 19.9 Å². The van der Waals surface area contributed by atoms with Crippen LogP contribution in [0.4, 0.5) is 5.69 Å². The highest BCUT2D eigenvalue weighted by Crippen LogP contribution is 2.31. The predicted octanol–water partition coefficient (Wildman–Crippen LogP) is 3.23. The third kappa shape index (κ3) is 4.61. The van der Waals surface area contributed by atoms with Crippen molar-refractivity contribution >= 4 is 22.5 Å². The molecular formula is C20H29N3O2. The van der Waals surface area contributed by atoms with Crippen LogP contribution < -0.4 is 5.32 Å². The summed E-state index contributed by atoms with van der Waals surface area (Å²) >= 11 is 0. The number of benzene rings is 1. The topological polar surface area (TPSA) is 57.5 Å². The summed E-state index contributed by atoms with van der Waals surface area (Å²) in [6, 6.07) is 8.09. The van der Waals surface area contributed by atoms with Crippen molar-refractivity contribution in [1.29, 1.82) is 0 Å². The molecule has 0 saturated heterocycles. The second-order valence-electron chi connectivity index (χ2n) is 7.60. The monoisotopic (exact) mass is 343 g/mol. The van der Waals surface area contributed by atoms with Gasteiger partial charge in [0.25, 0.3) is 0 Å². The van der Waals surface area contributed by atoms with E-state index in [2.05, 4.69) is 41.1 Å². The average molecular weight is 343 g/mol. The lowest BCUT2D eigenvalue weighted by molar-refractivity contribution is -0.122. The number of nitrogens with zero attached hydrogens (tertiary/aromatic N) is 2. The summed E-state index contributed by atoms with van der Waals surface area (Å²) in [4.78, 5) is 14.5. The van der Waals surface area contributed by atoms with E-state index in [1.54, 1.807) is 0 Å². The highest BCUT2D eigenvalue weighted by atomic mass is 16.3. The number of aliphatic hydroxyl groups is 1. The molecule has 0 bridgehead atoms. The van der Waals surface area contributed by atoms with Crippen molar-refractivity contribution in [2.75, 3.05) is 26.0 Å². The zero-order valence-corrected chi connectivity index (χ0v) is 15.3.